The average molecular weight is 489 g/mol. The molecule has 0 saturated carbocycles. The predicted molar refractivity (Wildman–Crippen MR) is 161 cm³/mol. The molecule has 0 aliphatic rings. The van der Waals surface area contributed by atoms with Gasteiger partial charge in [0.15, 0.2) is 0 Å². The second-order valence-electron chi connectivity index (χ2n) is 9.34. The Hall–Kier alpha value is -4.46. The van der Waals surface area contributed by atoms with E-state index in [1.54, 1.807) is 0 Å². The van der Waals surface area contributed by atoms with E-state index in [9.17, 15) is 0 Å². The van der Waals surface area contributed by atoms with Crippen LogP contribution in [0.1, 0.15) is 0 Å². The molecule has 0 spiro atoms. The molecule has 0 atom stereocenters. The molecular weight excluding hydrogens is 464 g/mol. The third kappa shape index (κ3) is 3.94. The Balaban J connectivity index is 1.29. The molecule has 7 rings (SSSR count). The predicted octanol–water partition coefficient (Wildman–Crippen LogP) is 10.7. The molecular formula is C36H24S. The highest BCUT2D eigenvalue weighted by Gasteiger charge is 2.13. The van der Waals surface area contributed by atoms with Gasteiger partial charge in [-0.05, 0) is 67.1 Å². The molecule has 174 valence electrons. The summed E-state index contributed by atoms with van der Waals surface area (Å²) in [5, 5.41) is 5.15. The van der Waals surface area contributed by atoms with Crippen LogP contribution in [0.3, 0.4) is 0 Å². The van der Waals surface area contributed by atoms with Crippen LogP contribution in [-0.4, -0.2) is 0 Å². The molecule has 1 heterocycles. The van der Waals surface area contributed by atoms with Crippen LogP contribution in [0.5, 0.6) is 0 Å². The van der Waals surface area contributed by atoms with Gasteiger partial charge in [-0.2, -0.15) is 0 Å². The van der Waals surface area contributed by atoms with Gasteiger partial charge < -0.3 is 0 Å². The van der Waals surface area contributed by atoms with Gasteiger partial charge in [0, 0.05) is 9.75 Å². The van der Waals surface area contributed by atoms with E-state index < -0.39 is 0 Å². The zero-order valence-electron chi connectivity index (χ0n) is 20.3. The van der Waals surface area contributed by atoms with Crippen molar-refractivity contribution < 1.29 is 0 Å². The molecule has 6 aromatic carbocycles. The molecule has 1 aromatic heterocycles. The van der Waals surface area contributed by atoms with Crippen molar-refractivity contribution in [1.82, 2.24) is 0 Å². The van der Waals surface area contributed by atoms with Crippen molar-refractivity contribution >= 4 is 32.9 Å². The lowest BCUT2D eigenvalue weighted by molar-refractivity contribution is 1.62. The molecule has 0 aliphatic carbocycles. The fourth-order valence-electron chi connectivity index (χ4n) is 5.30. The van der Waals surface area contributed by atoms with Crippen LogP contribution in [0.15, 0.2) is 146 Å². The first kappa shape index (κ1) is 21.8. The molecule has 0 unspecified atom stereocenters. The van der Waals surface area contributed by atoms with E-state index in [-0.39, 0.29) is 0 Å². The van der Waals surface area contributed by atoms with Gasteiger partial charge in [0.25, 0.3) is 0 Å². The van der Waals surface area contributed by atoms with Crippen molar-refractivity contribution in [3.05, 3.63) is 146 Å². The Bertz CT molecular complexity index is 1850. The Kier molecular flexibility index (Phi) is 5.42. The van der Waals surface area contributed by atoms with Crippen LogP contribution < -0.4 is 0 Å². The van der Waals surface area contributed by atoms with E-state index in [0.29, 0.717) is 0 Å². The van der Waals surface area contributed by atoms with Crippen molar-refractivity contribution in [3.8, 4) is 43.1 Å². The van der Waals surface area contributed by atoms with Gasteiger partial charge in [0.2, 0.25) is 0 Å². The average Bonchev–Trinajstić information content (AvgIpc) is 3.47. The molecule has 0 fully saturated rings. The molecule has 0 N–H and O–H groups in total. The SMILES string of the molecule is c1ccc(-c2ccc(-c3ccc(-c4ccc(-c5cccc6ccccc56)c5ccccc45)s3)cc2)cc1. The van der Waals surface area contributed by atoms with Crippen LogP contribution in [0.25, 0.3) is 64.7 Å². The van der Waals surface area contributed by atoms with Crippen molar-refractivity contribution in [2.24, 2.45) is 0 Å². The number of hydrogen-bond acceptors (Lipinski definition) is 1. The van der Waals surface area contributed by atoms with Crippen molar-refractivity contribution in [2.75, 3.05) is 0 Å². The monoisotopic (exact) mass is 488 g/mol. The van der Waals surface area contributed by atoms with E-state index >= 15 is 0 Å². The molecule has 0 aliphatic heterocycles. The Morgan fingerprint density at radius 3 is 1.65 bits per heavy atom. The summed E-state index contributed by atoms with van der Waals surface area (Å²) in [7, 11) is 0. The number of thiophene rings is 1. The summed E-state index contributed by atoms with van der Waals surface area (Å²) in [5.74, 6) is 0. The number of hydrogen-bond donors (Lipinski definition) is 0. The molecule has 0 nitrogen and oxygen atoms in total. The zero-order valence-corrected chi connectivity index (χ0v) is 21.1. The largest absolute Gasteiger partial charge is 0.135 e. The third-order valence-electron chi connectivity index (χ3n) is 7.15. The first-order valence-corrected chi connectivity index (χ1v) is 13.4. The second-order valence-corrected chi connectivity index (χ2v) is 10.4. The van der Waals surface area contributed by atoms with Gasteiger partial charge in [0.1, 0.15) is 0 Å². The Labute approximate surface area is 221 Å². The maximum Gasteiger partial charge on any atom is 0.0355 e. The minimum Gasteiger partial charge on any atom is -0.135 e. The molecule has 1 heteroatoms. The maximum absolute atomic E-state index is 2.30. The number of fused-ring (bicyclic) bond motifs is 2. The summed E-state index contributed by atoms with van der Waals surface area (Å²) in [6.07, 6.45) is 0. The minimum atomic E-state index is 1.25. The first-order valence-electron chi connectivity index (χ1n) is 12.6. The van der Waals surface area contributed by atoms with E-state index in [4.69, 9.17) is 0 Å². The minimum absolute atomic E-state index is 1.25. The quantitative estimate of drug-likeness (QED) is 0.231. The van der Waals surface area contributed by atoms with Gasteiger partial charge in [-0.25, -0.2) is 0 Å². The van der Waals surface area contributed by atoms with E-state index in [0.717, 1.165) is 0 Å². The number of benzene rings is 6. The summed E-state index contributed by atoms with van der Waals surface area (Å²) in [6.45, 7) is 0. The van der Waals surface area contributed by atoms with E-state index in [1.807, 2.05) is 11.3 Å². The van der Waals surface area contributed by atoms with Crippen LogP contribution in [0, 0.1) is 0 Å². The van der Waals surface area contributed by atoms with Gasteiger partial charge in [-0.1, -0.05) is 133 Å². The van der Waals surface area contributed by atoms with Gasteiger partial charge in [-0.15, -0.1) is 11.3 Å². The molecule has 0 saturated heterocycles. The highest BCUT2D eigenvalue weighted by Crippen LogP contribution is 2.42. The number of rotatable bonds is 4. The smallest absolute Gasteiger partial charge is 0.0355 e. The fourth-order valence-corrected chi connectivity index (χ4v) is 6.36. The lowest BCUT2D eigenvalue weighted by Crippen LogP contribution is -1.86. The Morgan fingerprint density at radius 2 is 0.838 bits per heavy atom. The molecule has 0 bridgehead atoms. The normalized spacial score (nSPS) is 11.2. The molecule has 7 aromatic rings. The van der Waals surface area contributed by atoms with E-state index in [2.05, 4.69) is 146 Å². The van der Waals surface area contributed by atoms with E-state index in [1.165, 1.54) is 64.7 Å². The summed E-state index contributed by atoms with van der Waals surface area (Å²) in [4.78, 5) is 2.58. The highest BCUT2D eigenvalue weighted by molar-refractivity contribution is 7.18. The highest BCUT2D eigenvalue weighted by atomic mass is 32.1. The zero-order chi connectivity index (χ0) is 24.6. The van der Waals surface area contributed by atoms with Crippen molar-refractivity contribution in [3.63, 3.8) is 0 Å². The van der Waals surface area contributed by atoms with Crippen LogP contribution in [0.4, 0.5) is 0 Å². The van der Waals surface area contributed by atoms with Crippen molar-refractivity contribution in [1.29, 1.82) is 0 Å². The topological polar surface area (TPSA) is 0 Å². The van der Waals surface area contributed by atoms with Crippen LogP contribution >= 0.6 is 11.3 Å². The summed E-state index contributed by atoms with van der Waals surface area (Å²) >= 11 is 1.86. The first-order chi connectivity index (χ1) is 18.3. The standard InChI is InChI=1S/C36H24S/c1-2-9-25(10-3-1)26-17-19-28(20-18-26)35-23-24-36(37-35)34-22-21-33(31-14-6-7-15-32(31)34)30-16-8-12-27-11-4-5-13-29(27)30/h1-24H. The van der Waals surface area contributed by atoms with Crippen LogP contribution in [0.2, 0.25) is 0 Å². The summed E-state index contributed by atoms with van der Waals surface area (Å²) in [5.41, 5.74) is 7.61. The molecule has 37 heavy (non-hydrogen) atoms. The molecule has 0 amide bonds. The maximum atomic E-state index is 2.30. The Morgan fingerprint density at radius 1 is 0.297 bits per heavy atom. The van der Waals surface area contributed by atoms with Gasteiger partial charge in [-0.3, -0.25) is 0 Å². The van der Waals surface area contributed by atoms with Crippen LogP contribution in [-0.2, 0) is 0 Å². The lowest BCUT2D eigenvalue weighted by atomic mass is 9.92. The summed E-state index contributed by atoms with van der Waals surface area (Å²) in [6, 6.07) is 52.6. The van der Waals surface area contributed by atoms with Crippen molar-refractivity contribution in [2.45, 2.75) is 0 Å². The third-order valence-corrected chi connectivity index (χ3v) is 8.32. The summed E-state index contributed by atoms with van der Waals surface area (Å²) < 4.78 is 0. The fraction of sp³-hybridized carbons (Fsp3) is 0. The second kappa shape index (κ2) is 9.20. The van der Waals surface area contributed by atoms with Gasteiger partial charge in [0.05, 0.1) is 0 Å². The van der Waals surface area contributed by atoms with Gasteiger partial charge >= 0.3 is 0 Å². The lowest BCUT2D eigenvalue weighted by Gasteiger charge is -2.13. The molecule has 0 radical (unpaired) electrons.